The molecule has 3 amide bonds. The SMILES string of the molecule is CC(=O)NS(=O)(=O)c1ccc(N=NC2NN(C(=O)c3ccncc3)C(=O)C2C)cc1. The van der Waals surface area contributed by atoms with E-state index in [0.29, 0.717) is 11.3 Å². The fourth-order valence-electron chi connectivity index (χ4n) is 2.62. The first-order valence-electron chi connectivity index (χ1n) is 8.78. The summed E-state index contributed by atoms with van der Waals surface area (Å²) in [6, 6.07) is 8.34. The number of hydrogen-bond donors (Lipinski definition) is 2. The zero-order chi connectivity index (χ0) is 21.9. The molecule has 11 nitrogen and oxygen atoms in total. The van der Waals surface area contributed by atoms with E-state index in [0.717, 1.165) is 11.9 Å². The van der Waals surface area contributed by atoms with E-state index in [2.05, 4.69) is 20.6 Å². The van der Waals surface area contributed by atoms with E-state index in [1.807, 2.05) is 4.72 Å². The molecule has 2 heterocycles. The van der Waals surface area contributed by atoms with Crippen molar-refractivity contribution in [3.05, 3.63) is 54.4 Å². The molecule has 0 radical (unpaired) electrons. The minimum absolute atomic E-state index is 0.103. The van der Waals surface area contributed by atoms with Gasteiger partial charge in [-0.1, -0.05) is 6.92 Å². The predicted molar refractivity (Wildman–Crippen MR) is 103 cm³/mol. The Labute approximate surface area is 172 Å². The number of imide groups is 1. The lowest BCUT2D eigenvalue weighted by Crippen LogP contribution is -2.41. The Morgan fingerprint density at radius 3 is 2.37 bits per heavy atom. The lowest BCUT2D eigenvalue weighted by molar-refractivity contribution is -0.129. The lowest BCUT2D eigenvalue weighted by Gasteiger charge is -2.14. The number of nitrogens with one attached hydrogen (secondary N) is 2. The molecular weight excluding hydrogens is 412 g/mol. The van der Waals surface area contributed by atoms with Crippen LogP contribution in [0, 0.1) is 5.92 Å². The van der Waals surface area contributed by atoms with Crippen molar-refractivity contribution in [2.24, 2.45) is 16.1 Å². The molecule has 0 spiro atoms. The van der Waals surface area contributed by atoms with E-state index in [1.54, 1.807) is 6.92 Å². The van der Waals surface area contributed by atoms with Crippen LogP contribution in [0.2, 0.25) is 0 Å². The maximum Gasteiger partial charge on any atom is 0.275 e. The van der Waals surface area contributed by atoms with E-state index in [1.165, 1.54) is 48.8 Å². The van der Waals surface area contributed by atoms with Crippen molar-refractivity contribution in [2.75, 3.05) is 0 Å². The fraction of sp³-hybridized carbons (Fsp3) is 0.222. The Morgan fingerprint density at radius 1 is 1.13 bits per heavy atom. The highest BCUT2D eigenvalue weighted by Crippen LogP contribution is 2.22. The van der Waals surface area contributed by atoms with E-state index < -0.39 is 39.8 Å². The van der Waals surface area contributed by atoms with Crippen LogP contribution in [-0.4, -0.2) is 42.3 Å². The Balaban J connectivity index is 1.71. The van der Waals surface area contributed by atoms with Crippen LogP contribution in [-0.2, 0) is 19.6 Å². The first-order chi connectivity index (χ1) is 14.2. The number of rotatable bonds is 5. The molecule has 1 saturated heterocycles. The van der Waals surface area contributed by atoms with Crippen molar-refractivity contribution >= 4 is 33.4 Å². The van der Waals surface area contributed by atoms with Gasteiger partial charge in [0.05, 0.1) is 16.5 Å². The molecule has 1 aromatic heterocycles. The lowest BCUT2D eigenvalue weighted by atomic mass is 10.1. The van der Waals surface area contributed by atoms with Gasteiger partial charge in [-0.3, -0.25) is 19.4 Å². The van der Waals surface area contributed by atoms with Gasteiger partial charge in [0.2, 0.25) is 5.91 Å². The molecular formula is C18H18N6O5S. The molecule has 2 aromatic rings. The number of carbonyl (C=O) groups excluding carboxylic acids is 3. The van der Waals surface area contributed by atoms with Gasteiger partial charge in [0, 0.05) is 24.9 Å². The summed E-state index contributed by atoms with van der Waals surface area (Å²) >= 11 is 0. The number of nitrogens with zero attached hydrogens (tertiary/aromatic N) is 4. The molecule has 12 heteroatoms. The van der Waals surface area contributed by atoms with Crippen molar-refractivity contribution in [1.82, 2.24) is 20.1 Å². The second-order valence-corrected chi connectivity index (χ2v) is 8.13. The number of azo groups is 1. The van der Waals surface area contributed by atoms with E-state index in [9.17, 15) is 22.8 Å². The number of carbonyl (C=O) groups is 3. The highest BCUT2D eigenvalue weighted by Gasteiger charge is 2.41. The second-order valence-electron chi connectivity index (χ2n) is 6.45. The van der Waals surface area contributed by atoms with Crippen molar-refractivity contribution < 1.29 is 22.8 Å². The number of hydrazine groups is 1. The third-order valence-electron chi connectivity index (χ3n) is 4.20. The molecule has 2 unspecified atom stereocenters. The summed E-state index contributed by atoms with van der Waals surface area (Å²) in [6.45, 7) is 2.71. The molecule has 3 rings (SSSR count). The maximum absolute atomic E-state index is 12.5. The summed E-state index contributed by atoms with van der Waals surface area (Å²) in [4.78, 5) is 39.6. The summed E-state index contributed by atoms with van der Waals surface area (Å²) in [6.07, 6.45) is 2.13. The van der Waals surface area contributed by atoms with Crippen LogP contribution < -0.4 is 10.1 Å². The molecule has 2 N–H and O–H groups in total. The minimum Gasteiger partial charge on any atom is -0.274 e. The van der Waals surface area contributed by atoms with E-state index in [-0.39, 0.29) is 4.90 Å². The Hall–Kier alpha value is -3.51. The van der Waals surface area contributed by atoms with E-state index in [4.69, 9.17) is 0 Å². The molecule has 0 bridgehead atoms. The molecule has 30 heavy (non-hydrogen) atoms. The standard InChI is InChI=1S/C18H18N6O5S/c1-11-16(22-24(17(11)26)18(27)13-7-9-19-10-8-13)21-20-14-3-5-15(6-4-14)30(28,29)23-12(2)25/h3-11,16,22H,1-2H3,(H,23,25). The highest BCUT2D eigenvalue weighted by molar-refractivity contribution is 7.90. The van der Waals surface area contributed by atoms with E-state index >= 15 is 0 Å². The van der Waals surface area contributed by atoms with Crippen LogP contribution in [0.1, 0.15) is 24.2 Å². The number of pyridine rings is 1. The van der Waals surface area contributed by atoms with Crippen molar-refractivity contribution in [3.63, 3.8) is 0 Å². The molecule has 1 aromatic carbocycles. The summed E-state index contributed by atoms with van der Waals surface area (Å²) < 4.78 is 25.7. The van der Waals surface area contributed by atoms with Crippen molar-refractivity contribution in [3.8, 4) is 0 Å². The second kappa shape index (κ2) is 8.47. The average molecular weight is 430 g/mol. The smallest absolute Gasteiger partial charge is 0.274 e. The van der Waals surface area contributed by atoms with Gasteiger partial charge in [-0.05, 0) is 36.4 Å². The van der Waals surface area contributed by atoms with Crippen LogP contribution in [0.25, 0.3) is 0 Å². The van der Waals surface area contributed by atoms with Crippen LogP contribution in [0.3, 0.4) is 0 Å². The largest absolute Gasteiger partial charge is 0.275 e. The van der Waals surface area contributed by atoms with Crippen LogP contribution in [0.15, 0.2) is 63.9 Å². The predicted octanol–water partition coefficient (Wildman–Crippen LogP) is 1.14. The third-order valence-corrected chi connectivity index (χ3v) is 5.65. The molecule has 1 aliphatic rings. The summed E-state index contributed by atoms with van der Waals surface area (Å²) in [5, 5.41) is 8.96. The third kappa shape index (κ3) is 4.55. The van der Waals surface area contributed by atoms with Gasteiger partial charge in [-0.2, -0.15) is 15.7 Å². The Morgan fingerprint density at radius 2 is 1.77 bits per heavy atom. The number of aromatic nitrogens is 1. The Kier molecular flexibility index (Phi) is 5.99. The van der Waals surface area contributed by atoms with Gasteiger partial charge >= 0.3 is 0 Å². The van der Waals surface area contributed by atoms with Gasteiger partial charge in [0.1, 0.15) is 6.17 Å². The van der Waals surface area contributed by atoms with Gasteiger partial charge in [-0.25, -0.2) is 18.1 Å². The topological polar surface area (TPSA) is 150 Å². The fourth-order valence-corrected chi connectivity index (χ4v) is 3.61. The molecule has 2 atom stereocenters. The summed E-state index contributed by atoms with van der Waals surface area (Å²) in [5.74, 6) is -2.31. The number of hydrogen-bond acceptors (Lipinski definition) is 9. The normalized spacial score (nSPS) is 19.3. The minimum atomic E-state index is -3.94. The maximum atomic E-state index is 12.5. The van der Waals surface area contributed by atoms with Crippen LogP contribution in [0.4, 0.5) is 5.69 Å². The van der Waals surface area contributed by atoms with Crippen molar-refractivity contribution in [1.29, 1.82) is 0 Å². The molecule has 1 aliphatic heterocycles. The monoisotopic (exact) mass is 430 g/mol. The van der Waals surface area contributed by atoms with Gasteiger partial charge in [0.25, 0.3) is 21.8 Å². The Bertz CT molecular complexity index is 1100. The van der Waals surface area contributed by atoms with Gasteiger partial charge in [0.15, 0.2) is 0 Å². The zero-order valence-corrected chi connectivity index (χ0v) is 16.8. The van der Waals surface area contributed by atoms with Crippen molar-refractivity contribution in [2.45, 2.75) is 24.9 Å². The first kappa shape index (κ1) is 21.2. The highest BCUT2D eigenvalue weighted by atomic mass is 32.2. The van der Waals surface area contributed by atoms with Gasteiger partial charge < -0.3 is 0 Å². The molecule has 0 aliphatic carbocycles. The number of amides is 3. The number of benzene rings is 1. The number of sulfonamides is 1. The quantitative estimate of drug-likeness (QED) is 0.533. The molecule has 156 valence electrons. The summed E-state index contributed by atoms with van der Waals surface area (Å²) in [7, 11) is -3.94. The van der Waals surface area contributed by atoms with Crippen LogP contribution >= 0.6 is 0 Å². The summed E-state index contributed by atoms with van der Waals surface area (Å²) in [5.41, 5.74) is 3.35. The van der Waals surface area contributed by atoms with Gasteiger partial charge in [-0.15, -0.1) is 0 Å². The average Bonchev–Trinajstić information content (AvgIpc) is 3.00. The molecule has 1 fully saturated rings. The molecule has 0 saturated carbocycles. The van der Waals surface area contributed by atoms with Crippen LogP contribution in [0.5, 0.6) is 0 Å². The first-order valence-corrected chi connectivity index (χ1v) is 10.3. The zero-order valence-electron chi connectivity index (χ0n) is 16.0.